The normalized spacial score (nSPS) is 20.0. The molecule has 19 heteroatoms. The Labute approximate surface area is 435 Å². The van der Waals surface area contributed by atoms with Crippen molar-refractivity contribution in [2.75, 3.05) is 63.2 Å². The van der Waals surface area contributed by atoms with E-state index in [0.717, 1.165) is 44.5 Å². The van der Waals surface area contributed by atoms with E-state index in [1.165, 1.54) is 48.0 Å². The largest absolute Gasteiger partial charge is 0.478 e. The van der Waals surface area contributed by atoms with Gasteiger partial charge in [0.1, 0.15) is 22.8 Å². The molecule has 4 atom stereocenters. The number of fused-ring (bicyclic) bond motifs is 4. The van der Waals surface area contributed by atoms with Gasteiger partial charge in [0.2, 0.25) is 5.91 Å². The molecule has 392 valence electrons. The number of hydrogen-bond donors (Lipinski definition) is 4. The Balaban J connectivity index is 0.000000197. The first-order valence-corrected chi connectivity index (χ1v) is 24.7. The van der Waals surface area contributed by atoms with Crippen LogP contribution in [0.5, 0.6) is 0 Å². The van der Waals surface area contributed by atoms with Gasteiger partial charge in [0.25, 0.3) is 0 Å². The van der Waals surface area contributed by atoms with E-state index in [2.05, 4.69) is 25.8 Å². The van der Waals surface area contributed by atoms with Crippen LogP contribution in [-0.2, 0) is 41.6 Å². The van der Waals surface area contributed by atoms with Crippen LogP contribution >= 0.6 is 23.2 Å². The Bertz CT molecular complexity index is 2570. The van der Waals surface area contributed by atoms with Crippen LogP contribution in [0.15, 0.2) is 97.1 Å². The number of morpholine rings is 2. The molecular formula is C54H64Cl2F2N6O9. The maximum atomic E-state index is 13.3. The number of carbonyl (C=O) groups excluding carboxylic acids is 3. The summed E-state index contributed by atoms with van der Waals surface area (Å²) < 4.78 is 47.8. The van der Waals surface area contributed by atoms with Crippen molar-refractivity contribution in [2.45, 2.75) is 90.0 Å². The van der Waals surface area contributed by atoms with Gasteiger partial charge >= 0.3 is 18.2 Å². The van der Waals surface area contributed by atoms with E-state index in [4.69, 9.17) is 47.3 Å². The molecule has 0 aliphatic carbocycles. The molecule has 0 aromatic heterocycles. The van der Waals surface area contributed by atoms with Crippen LogP contribution in [0.3, 0.4) is 0 Å². The van der Waals surface area contributed by atoms with Gasteiger partial charge in [-0.15, -0.1) is 0 Å². The number of halogens is 4. The average Bonchev–Trinajstić information content (AvgIpc) is 3.29. The number of nitrogens with one attached hydrogen (secondary N) is 3. The van der Waals surface area contributed by atoms with Crippen molar-refractivity contribution in [3.63, 3.8) is 0 Å². The van der Waals surface area contributed by atoms with E-state index in [-0.39, 0.29) is 29.6 Å². The van der Waals surface area contributed by atoms with E-state index in [1.807, 2.05) is 17.0 Å². The highest BCUT2D eigenvalue weighted by atomic mass is 35.5. The SMILES string of the molecule is CC(C)(C)OC(=O)Nc1cc(Cl)ccc1/C=C/C(=O)N1C2COCC1CN(Cc1ccc(F)cc1)C2.CC(C)(C)OC(=O)Nc1cc(Cl)ccc1/C=C/C(=O)O.Fc1ccc(CN2CC3COCC(C2)N3)cc1. The molecule has 73 heavy (non-hydrogen) atoms. The average molecular weight is 1050 g/mol. The molecular weight excluding hydrogens is 986 g/mol. The zero-order chi connectivity index (χ0) is 52.9. The van der Waals surface area contributed by atoms with Gasteiger partial charge in [-0.3, -0.25) is 25.2 Å². The van der Waals surface area contributed by atoms with Crippen molar-refractivity contribution >= 4 is 70.8 Å². The summed E-state index contributed by atoms with van der Waals surface area (Å²) in [5, 5.41) is 18.3. The minimum absolute atomic E-state index is 0.0836. The van der Waals surface area contributed by atoms with Crippen LogP contribution in [0.2, 0.25) is 10.0 Å². The highest BCUT2D eigenvalue weighted by Gasteiger charge is 2.40. The number of rotatable bonds is 10. The van der Waals surface area contributed by atoms with Crippen molar-refractivity contribution < 1.29 is 52.0 Å². The van der Waals surface area contributed by atoms with Gasteiger partial charge in [0, 0.05) is 73.5 Å². The van der Waals surface area contributed by atoms with Crippen LogP contribution in [0.25, 0.3) is 12.2 Å². The second kappa shape index (κ2) is 25.8. The molecule has 4 unspecified atom stereocenters. The summed E-state index contributed by atoms with van der Waals surface area (Å²) in [6.07, 6.45) is 4.30. The first-order chi connectivity index (χ1) is 34.5. The maximum Gasteiger partial charge on any atom is 0.412 e. The zero-order valence-corrected chi connectivity index (χ0v) is 43.4. The Hall–Kier alpha value is -5.92. The third-order valence-corrected chi connectivity index (χ3v) is 11.9. The van der Waals surface area contributed by atoms with E-state index < -0.39 is 29.4 Å². The van der Waals surface area contributed by atoms with Gasteiger partial charge in [0.05, 0.1) is 49.9 Å². The molecule has 8 rings (SSSR count). The second-order valence-electron chi connectivity index (χ2n) is 20.1. The number of carboxylic acids is 1. The molecule has 0 saturated carbocycles. The van der Waals surface area contributed by atoms with E-state index >= 15 is 0 Å². The number of aliphatic carboxylic acids is 1. The number of anilines is 2. The highest BCUT2D eigenvalue weighted by Crippen LogP contribution is 2.27. The quantitative estimate of drug-likeness (QED) is 0.111. The first-order valence-electron chi connectivity index (χ1n) is 23.9. The number of carbonyl (C=O) groups is 4. The van der Waals surface area contributed by atoms with Gasteiger partial charge in [-0.05, 0) is 124 Å². The monoisotopic (exact) mass is 1050 g/mol. The van der Waals surface area contributed by atoms with Crippen molar-refractivity contribution in [1.29, 1.82) is 0 Å². The Morgan fingerprint density at radius 1 is 0.644 bits per heavy atom. The summed E-state index contributed by atoms with van der Waals surface area (Å²) in [5.74, 6) is -1.62. The van der Waals surface area contributed by atoms with Gasteiger partial charge in [0.15, 0.2) is 0 Å². The summed E-state index contributed by atoms with van der Waals surface area (Å²) in [6.45, 7) is 18.0. The fourth-order valence-electron chi connectivity index (χ4n) is 8.56. The standard InChI is InChI=1S/C27H31ClFN3O4.C14H16ClNO4.C13H17FN2O/c1-27(2,3)36-26(34)30-24-12-20(28)8-6-19(24)7-11-25(33)32-22-14-31(15-23(32)17-35-16-22)13-18-4-9-21(29)10-5-18;1-14(2,3)20-13(19)16-11-8-10(15)6-4-9(11)5-7-12(17)18;14-11-3-1-10(2-4-11)5-16-6-12-8-17-9-13(7-16)15-12/h4-12,22-23H,13-17H2,1-3H3,(H,30,34);4-8H,1-3H3,(H,16,19)(H,17,18);1-4,12-13,15H,5-9H2/b11-7+;7-5+;. The number of carboxylic acid groups (broad SMARTS) is 1. The first kappa shape index (κ1) is 56.4. The molecule has 4 aromatic carbocycles. The zero-order valence-electron chi connectivity index (χ0n) is 41.8. The van der Waals surface area contributed by atoms with Crippen LogP contribution in [0, 0.1) is 11.6 Å². The minimum atomic E-state index is -1.08. The van der Waals surface area contributed by atoms with Gasteiger partial charge in [-0.25, -0.2) is 23.2 Å². The summed E-state index contributed by atoms with van der Waals surface area (Å²) in [7, 11) is 0. The van der Waals surface area contributed by atoms with Crippen LogP contribution in [0.4, 0.5) is 29.7 Å². The number of hydrogen-bond acceptors (Lipinski definition) is 11. The highest BCUT2D eigenvalue weighted by molar-refractivity contribution is 6.31. The topological polar surface area (TPSA) is 171 Å². The minimum Gasteiger partial charge on any atom is -0.478 e. The molecule has 15 nitrogen and oxygen atoms in total. The lowest BCUT2D eigenvalue weighted by molar-refractivity contribution is -0.150. The number of piperazine rings is 2. The Morgan fingerprint density at radius 2 is 1.05 bits per heavy atom. The number of benzene rings is 4. The third kappa shape index (κ3) is 18.8. The summed E-state index contributed by atoms with van der Waals surface area (Å²) in [4.78, 5) is 54.4. The third-order valence-electron chi connectivity index (χ3n) is 11.4. The number of ether oxygens (including phenoxy) is 4. The predicted molar refractivity (Wildman–Crippen MR) is 278 cm³/mol. The van der Waals surface area contributed by atoms with Crippen molar-refractivity contribution in [3.05, 3.63) is 141 Å². The molecule has 4 heterocycles. The fourth-order valence-corrected chi connectivity index (χ4v) is 8.90. The van der Waals surface area contributed by atoms with E-state index in [0.29, 0.717) is 77.5 Å². The van der Waals surface area contributed by atoms with Crippen molar-refractivity contribution in [1.82, 2.24) is 20.0 Å². The molecule has 4 bridgehead atoms. The molecule has 4 fully saturated rings. The summed E-state index contributed by atoms with van der Waals surface area (Å²) >= 11 is 12.0. The van der Waals surface area contributed by atoms with Crippen LogP contribution in [0.1, 0.15) is 63.8 Å². The molecule has 0 spiro atoms. The number of nitrogens with zero attached hydrogens (tertiary/aromatic N) is 3. The van der Waals surface area contributed by atoms with Gasteiger partial charge in [-0.2, -0.15) is 0 Å². The molecule has 4 aliphatic rings. The Morgan fingerprint density at radius 3 is 1.48 bits per heavy atom. The van der Waals surface area contributed by atoms with Crippen molar-refractivity contribution in [3.8, 4) is 0 Å². The molecule has 4 aliphatic heterocycles. The summed E-state index contributed by atoms with van der Waals surface area (Å²) in [5.41, 5.74) is 2.91. The smallest absolute Gasteiger partial charge is 0.412 e. The van der Waals surface area contributed by atoms with Gasteiger partial charge < -0.3 is 34.3 Å². The molecule has 0 radical (unpaired) electrons. The lowest BCUT2D eigenvalue weighted by atomic mass is 10.0. The Kier molecular flexibility index (Phi) is 20.0. The van der Waals surface area contributed by atoms with E-state index in [9.17, 15) is 28.0 Å². The van der Waals surface area contributed by atoms with Crippen LogP contribution < -0.4 is 16.0 Å². The molecule has 4 saturated heterocycles. The van der Waals surface area contributed by atoms with Crippen molar-refractivity contribution in [2.24, 2.45) is 0 Å². The maximum absolute atomic E-state index is 13.3. The fraction of sp³-hybridized carbons (Fsp3) is 0.407. The number of amides is 3. The predicted octanol–water partition coefficient (Wildman–Crippen LogP) is 9.73. The van der Waals surface area contributed by atoms with Gasteiger partial charge in [-0.1, -0.05) is 59.6 Å². The van der Waals surface area contributed by atoms with E-state index in [1.54, 1.807) is 90.1 Å². The lowest BCUT2D eigenvalue weighted by Gasteiger charge is -2.49. The molecule has 4 aromatic rings. The second-order valence-corrected chi connectivity index (χ2v) is 20.9. The molecule has 4 N–H and O–H groups in total. The van der Waals surface area contributed by atoms with Crippen LogP contribution in [-0.4, -0.2) is 132 Å². The lowest BCUT2D eigenvalue weighted by Crippen LogP contribution is -2.65. The summed E-state index contributed by atoms with van der Waals surface area (Å²) in [6, 6.07) is 23.8. The molecule has 3 amide bonds.